The lowest BCUT2D eigenvalue weighted by Gasteiger charge is -2.22. The van der Waals surface area contributed by atoms with Crippen molar-refractivity contribution in [1.82, 2.24) is 4.98 Å². The van der Waals surface area contributed by atoms with Crippen LogP contribution >= 0.6 is 11.3 Å². The molecule has 0 radical (unpaired) electrons. The summed E-state index contributed by atoms with van der Waals surface area (Å²) in [6.07, 6.45) is 2.71. The summed E-state index contributed by atoms with van der Waals surface area (Å²) < 4.78 is 0. The van der Waals surface area contributed by atoms with Crippen molar-refractivity contribution >= 4 is 33.9 Å². The van der Waals surface area contributed by atoms with E-state index in [1.165, 1.54) is 16.9 Å². The zero-order chi connectivity index (χ0) is 15.2. The van der Waals surface area contributed by atoms with Gasteiger partial charge in [0.05, 0.1) is 11.4 Å². The molecule has 0 aliphatic rings. The van der Waals surface area contributed by atoms with Gasteiger partial charge in [-0.3, -0.25) is 5.32 Å². The van der Waals surface area contributed by atoms with Crippen molar-refractivity contribution in [1.29, 1.82) is 0 Å². The molecule has 6 heteroatoms. The molecule has 0 saturated carbocycles. The number of hydrogen-bond acceptors (Lipinski definition) is 4. The van der Waals surface area contributed by atoms with Crippen molar-refractivity contribution in [3.63, 3.8) is 0 Å². The van der Waals surface area contributed by atoms with Crippen LogP contribution in [0.5, 0.6) is 0 Å². The summed E-state index contributed by atoms with van der Waals surface area (Å²) in [4.78, 5) is 18.2. The second kappa shape index (κ2) is 7.08. The minimum Gasteiger partial charge on any atom is -0.373 e. The van der Waals surface area contributed by atoms with Gasteiger partial charge in [0.25, 0.3) is 0 Å². The first-order valence-electron chi connectivity index (χ1n) is 6.89. The minimum atomic E-state index is -0.278. The Morgan fingerprint density at radius 1 is 1.38 bits per heavy atom. The lowest BCUT2D eigenvalue weighted by atomic mass is 10.1. The van der Waals surface area contributed by atoms with Gasteiger partial charge >= 0.3 is 6.03 Å². The van der Waals surface area contributed by atoms with Gasteiger partial charge in [-0.15, -0.1) is 11.3 Å². The van der Waals surface area contributed by atoms with Gasteiger partial charge in [-0.25, -0.2) is 9.78 Å². The predicted molar refractivity (Wildman–Crippen MR) is 89.5 cm³/mol. The second-order valence-electron chi connectivity index (χ2n) is 4.86. The summed E-state index contributed by atoms with van der Waals surface area (Å²) in [7, 11) is 2.03. The summed E-state index contributed by atoms with van der Waals surface area (Å²) in [6, 6.07) is 5.72. The molecule has 1 aromatic carbocycles. The highest BCUT2D eigenvalue weighted by Crippen LogP contribution is 2.26. The van der Waals surface area contributed by atoms with Crippen LogP contribution in [-0.4, -0.2) is 24.6 Å². The zero-order valence-electron chi connectivity index (χ0n) is 12.5. The number of hydrogen-bond donors (Lipinski definition) is 2. The highest BCUT2D eigenvalue weighted by molar-refractivity contribution is 7.13. The number of rotatable bonds is 5. The Morgan fingerprint density at radius 3 is 2.86 bits per heavy atom. The topological polar surface area (TPSA) is 57.3 Å². The number of nitrogens with one attached hydrogen (secondary N) is 2. The number of aryl methyl sites for hydroxylation is 1. The van der Waals surface area contributed by atoms with Gasteiger partial charge in [-0.2, -0.15) is 0 Å². The molecule has 112 valence electrons. The highest BCUT2D eigenvalue weighted by atomic mass is 32.1. The lowest BCUT2D eigenvalue weighted by molar-refractivity contribution is 0.262. The van der Waals surface area contributed by atoms with E-state index in [9.17, 15) is 4.79 Å². The van der Waals surface area contributed by atoms with E-state index in [4.69, 9.17) is 0 Å². The maximum atomic E-state index is 12.0. The Balaban J connectivity index is 2.13. The number of amides is 2. The third kappa shape index (κ3) is 4.19. The average Bonchev–Trinajstić information content (AvgIpc) is 2.93. The Labute approximate surface area is 129 Å². The fourth-order valence-corrected chi connectivity index (χ4v) is 2.58. The fourth-order valence-electron chi connectivity index (χ4n) is 2.05. The van der Waals surface area contributed by atoms with E-state index in [1.54, 1.807) is 6.20 Å². The van der Waals surface area contributed by atoms with Crippen LogP contribution in [0.1, 0.15) is 18.9 Å². The first-order chi connectivity index (χ1) is 10.1. The first kappa shape index (κ1) is 15.3. The van der Waals surface area contributed by atoms with Crippen LogP contribution in [0.4, 0.5) is 21.3 Å². The number of urea groups is 1. The van der Waals surface area contributed by atoms with Gasteiger partial charge in [0, 0.05) is 25.2 Å². The third-order valence-corrected chi connectivity index (χ3v) is 3.71. The van der Waals surface area contributed by atoms with E-state index in [0.29, 0.717) is 5.13 Å². The number of benzene rings is 1. The number of carbonyl (C=O) groups excluding carboxylic acids is 1. The minimum absolute atomic E-state index is 0.278. The molecule has 21 heavy (non-hydrogen) atoms. The van der Waals surface area contributed by atoms with E-state index in [1.807, 2.05) is 31.5 Å². The molecule has 0 unspecified atom stereocenters. The molecule has 0 saturated heterocycles. The number of carbonyl (C=O) groups is 1. The molecular formula is C15H20N4OS. The van der Waals surface area contributed by atoms with E-state index in [-0.39, 0.29) is 6.03 Å². The predicted octanol–water partition coefficient (Wildman–Crippen LogP) is 3.94. The van der Waals surface area contributed by atoms with Crippen LogP contribution in [0.2, 0.25) is 0 Å². The Morgan fingerprint density at radius 2 is 2.19 bits per heavy atom. The zero-order valence-corrected chi connectivity index (χ0v) is 13.3. The van der Waals surface area contributed by atoms with Crippen LogP contribution in [0.15, 0.2) is 29.8 Å². The molecule has 0 atom stereocenters. The SMILES string of the molecule is CCCN(C)c1cc(C)ccc1NC(=O)Nc1nccs1. The van der Waals surface area contributed by atoms with Crippen LogP contribution in [0.25, 0.3) is 0 Å². The van der Waals surface area contributed by atoms with Crippen LogP contribution in [0, 0.1) is 6.92 Å². The van der Waals surface area contributed by atoms with Crippen molar-refractivity contribution in [3.8, 4) is 0 Å². The number of aromatic nitrogens is 1. The molecule has 0 aliphatic heterocycles. The Bertz CT molecular complexity index is 598. The largest absolute Gasteiger partial charge is 0.373 e. The van der Waals surface area contributed by atoms with E-state index in [0.717, 1.165) is 24.3 Å². The molecule has 0 spiro atoms. The van der Waals surface area contributed by atoms with Gasteiger partial charge in [0.1, 0.15) is 0 Å². The summed E-state index contributed by atoms with van der Waals surface area (Å²) in [5, 5.41) is 8.02. The second-order valence-corrected chi connectivity index (χ2v) is 5.75. The summed E-state index contributed by atoms with van der Waals surface area (Å²) in [5.41, 5.74) is 2.98. The molecule has 0 aliphatic carbocycles. The van der Waals surface area contributed by atoms with E-state index < -0.39 is 0 Å². The Kier molecular flexibility index (Phi) is 5.16. The van der Waals surface area contributed by atoms with Crippen LogP contribution in [-0.2, 0) is 0 Å². The smallest absolute Gasteiger partial charge is 0.325 e. The lowest BCUT2D eigenvalue weighted by Crippen LogP contribution is -2.23. The average molecular weight is 304 g/mol. The molecule has 2 N–H and O–H groups in total. The molecule has 5 nitrogen and oxygen atoms in total. The quantitative estimate of drug-likeness (QED) is 0.879. The summed E-state index contributed by atoms with van der Waals surface area (Å²) in [6.45, 7) is 5.11. The van der Waals surface area contributed by atoms with Crippen LogP contribution < -0.4 is 15.5 Å². The normalized spacial score (nSPS) is 10.2. The third-order valence-electron chi connectivity index (χ3n) is 3.02. The molecule has 1 heterocycles. The van der Waals surface area contributed by atoms with Gasteiger partial charge < -0.3 is 10.2 Å². The van der Waals surface area contributed by atoms with Crippen LogP contribution in [0.3, 0.4) is 0 Å². The standard InChI is InChI=1S/C15H20N4OS/c1-4-8-19(3)13-10-11(2)5-6-12(13)17-14(20)18-15-16-7-9-21-15/h5-7,9-10H,4,8H2,1-3H3,(H2,16,17,18,20). The fraction of sp³-hybridized carbons (Fsp3) is 0.333. The van der Waals surface area contributed by atoms with E-state index >= 15 is 0 Å². The summed E-state index contributed by atoms with van der Waals surface area (Å²) >= 11 is 1.39. The summed E-state index contributed by atoms with van der Waals surface area (Å²) in [5.74, 6) is 0. The van der Waals surface area contributed by atoms with Gasteiger partial charge in [0.15, 0.2) is 5.13 Å². The number of anilines is 3. The maximum Gasteiger partial charge on any atom is 0.325 e. The van der Waals surface area contributed by atoms with Crippen molar-refractivity contribution < 1.29 is 4.79 Å². The molecule has 0 bridgehead atoms. The monoisotopic (exact) mass is 304 g/mol. The van der Waals surface area contributed by atoms with Crippen molar-refractivity contribution in [2.75, 3.05) is 29.1 Å². The highest BCUT2D eigenvalue weighted by Gasteiger charge is 2.11. The Hall–Kier alpha value is -2.08. The molecule has 2 aromatic rings. The van der Waals surface area contributed by atoms with Crippen molar-refractivity contribution in [3.05, 3.63) is 35.3 Å². The van der Waals surface area contributed by atoms with Gasteiger partial charge in [0.2, 0.25) is 0 Å². The van der Waals surface area contributed by atoms with E-state index in [2.05, 4.69) is 33.5 Å². The molecule has 0 fully saturated rings. The van der Waals surface area contributed by atoms with Gasteiger partial charge in [-0.1, -0.05) is 13.0 Å². The molecule has 2 amide bonds. The number of thiazole rings is 1. The van der Waals surface area contributed by atoms with Crippen molar-refractivity contribution in [2.24, 2.45) is 0 Å². The molecular weight excluding hydrogens is 284 g/mol. The number of nitrogens with zero attached hydrogens (tertiary/aromatic N) is 2. The maximum absolute atomic E-state index is 12.0. The van der Waals surface area contributed by atoms with Gasteiger partial charge in [-0.05, 0) is 31.0 Å². The molecule has 1 aromatic heterocycles. The first-order valence-corrected chi connectivity index (χ1v) is 7.77. The molecule has 2 rings (SSSR count). The van der Waals surface area contributed by atoms with Crippen molar-refractivity contribution in [2.45, 2.75) is 20.3 Å².